The molecule has 0 atom stereocenters. The maximum Gasteiger partial charge on any atom is 0.135 e. The molecule has 1 aromatic heterocycles. The Morgan fingerprint density at radius 3 is 1.59 bits per heavy atom. The van der Waals surface area contributed by atoms with Crippen molar-refractivity contribution >= 4 is 49.6 Å². The summed E-state index contributed by atoms with van der Waals surface area (Å²) in [5.74, 6) is 0.854. The fourth-order valence-electron chi connectivity index (χ4n) is 7.66. The lowest BCUT2D eigenvalue weighted by Crippen LogP contribution is -2.10. The monoisotopic (exact) mass is 689 g/mol. The number of fused-ring (bicyclic) bond motifs is 3. The third-order valence-electron chi connectivity index (χ3n) is 10.5. The molecule has 10 rings (SSSR count). The summed E-state index contributed by atoms with van der Waals surface area (Å²) in [4.78, 5) is 2.32. The fourth-order valence-corrected chi connectivity index (χ4v) is 7.66. The molecule has 1 heterocycles. The van der Waals surface area contributed by atoms with Crippen molar-refractivity contribution in [3.05, 3.63) is 212 Å². The highest BCUT2D eigenvalue weighted by Crippen LogP contribution is 2.40. The minimum absolute atomic E-state index is 0.854. The average molecular weight is 690 g/mol. The fraction of sp³-hybridized carbons (Fsp3) is 0. The summed E-state index contributed by atoms with van der Waals surface area (Å²) in [7, 11) is 0. The molecule has 0 aliphatic carbocycles. The highest BCUT2D eigenvalue weighted by molar-refractivity contribution is 5.97. The molecule has 2 heteroatoms. The Morgan fingerprint density at radius 2 is 0.852 bits per heavy atom. The van der Waals surface area contributed by atoms with Crippen LogP contribution in [0.4, 0.5) is 17.1 Å². The van der Waals surface area contributed by atoms with Crippen LogP contribution >= 0.6 is 0 Å². The van der Waals surface area contributed by atoms with Gasteiger partial charge in [-0.2, -0.15) is 0 Å². The van der Waals surface area contributed by atoms with E-state index in [0.29, 0.717) is 0 Å². The largest absolute Gasteiger partial charge is 0.456 e. The predicted octanol–water partition coefficient (Wildman–Crippen LogP) is 14.9. The van der Waals surface area contributed by atoms with Crippen LogP contribution in [0.5, 0.6) is 0 Å². The van der Waals surface area contributed by atoms with E-state index in [-0.39, 0.29) is 0 Å². The molecule has 0 radical (unpaired) electrons. The summed E-state index contributed by atoms with van der Waals surface area (Å²) in [6.45, 7) is 0. The molecule has 9 aromatic carbocycles. The van der Waals surface area contributed by atoms with Crippen molar-refractivity contribution in [1.29, 1.82) is 0 Å². The van der Waals surface area contributed by atoms with E-state index >= 15 is 0 Å². The molecule has 0 spiro atoms. The normalized spacial score (nSPS) is 11.3. The summed E-state index contributed by atoms with van der Waals surface area (Å²) < 4.78 is 6.30. The van der Waals surface area contributed by atoms with Gasteiger partial charge >= 0.3 is 0 Å². The van der Waals surface area contributed by atoms with Crippen LogP contribution in [0.15, 0.2) is 217 Å². The molecular weight excluding hydrogens is 655 g/mol. The van der Waals surface area contributed by atoms with Gasteiger partial charge in [-0.25, -0.2) is 0 Å². The van der Waals surface area contributed by atoms with E-state index in [1.54, 1.807) is 0 Å². The van der Waals surface area contributed by atoms with Crippen molar-refractivity contribution in [2.75, 3.05) is 4.90 Å². The van der Waals surface area contributed by atoms with Crippen LogP contribution in [0.1, 0.15) is 0 Å². The lowest BCUT2D eigenvalue weighted by Gasteiger charge is -2.26. The third-order valence-corrected chi connectivity index (χ3v) is 10.5. The van der Waals surface area contributed by atoms with Gasteiger partial charge < -0.3 is 9.32 Å². The van der Waals surface area contributed by atoms with Gasteiger partial charge in [0.05, 0.1) is 0 Å². The molecule has 10 aromatic rings. The topological polar surface area (TPSA) is 16.4 Å². The summed E-state index contributed by atoms with van der Waals surface area (Å²) in [6, 6.07) is 75.9. The van der Waals surface area contributed by atoms with Crippen LogP contribution in [-0.4, -0.2) is 0 Å². The summed E-state index contributed by atoms with van der Waals surface area (Å²) in [5.41, 5.74) is 12.3. The van der Waals surface area contributed by atoms with E-state index in [4.69, 9.17) is 4.42 Å². The zero-order chi connectivity index (χ0) is 35.8. The maximum atomic E-state index is 6.30. The smallest absolute Gasteiger partial charge is 0.135 e. The number of hydrogen-bond donors (Lipinski definition) is 0. The second-order valence-corrected chi connectivity index (χ2v) is 13.8. The molecule has 2 nitrogen and oxygen atoms in total. The number of anilines is 3. The van der Waals surface area contributed by atoms with Crippen LogP contribution in [0.25, 0.3) is 77.2 Å². The van der Waals surface area contributed by atoms with Crippen molar-refractivity contribution in [2.24, 2.45) is 0 Å². The molecule has 0 saturated heterocycles. The van der Waals surface area contributed by atoms with Crippen LogP contribution in [0.3, 0.4) is 0 Å². The number of furan rings is 1. The Morgan fingerprint density at radius 1 is 0.296 bits per heavy atom. The number of nitrogens with zero attached hydrogens (tertiary/aromatic N) is 1. The number of hydrogen-bond acceptors (Lipinski definition) is 2. The van der Waals surface area contributed by atoms with E-state index in [1.807, 2.05) is 18.2 Å². The second kappa shape index (κ2) is 13.4. The Bertz CT molecular complexity index is 2880. The van der Waals surface area contributed by atoms with Crippen molar-refractivity contribution in [3.8, 4) is 44.7 Å². The molecule has 0 aliphatic heterocycles. The third kappa shape index (κ3) is 5.90. The Labute approximate surface area is 314 Å². The SMILES string of the molecule is c1cc(-c2cc3ccccc3o2)cc(N(c2ccc(-c3ccc(-c4cccc5ccccc45)cc3)cc2)c2ccc(-c3ccc4ccccc4c3)cc2)c1. The van der Waals surface area contributed by atoms with E-state index in [9.17, 15) is 0 Å². The van der Waals surface area contributed by atoms with Crippen molar-refractivity contribution < 1.29 is 4.42 Å². The van der Waals surface area contributed by atoms with E-state index in [2.05, 4.69) is 199 Å². The molecule has 0 unspecified atom stereocenters. The number of benzene rings is 9. The Hall–Kier alpha value is -7.16. The minimum atomic E-state index is 0.854. The zero-order valence-corrected chi connectivity index (χ0v) is 29.6. The maximum absolute atomic E-state index is 6.30. The van der Waals surface area contributed by atoms with Crippen molar-refractivity contribution in [3.63, 3.8) is 0 Å². The lowest BCUT2D eigenvalue weighted by molar-refractivity contribution is 0.631. The molecule has 0 aliphatic rings. The molecule has 0 amide bonds. The Balaban J connectivity index is 1.01. The molecule has 0 fully saturated rings. The summed E-state index contributed by atoms with van der Waals surface area (Å²) in [6.07, 6.45) is 0. The Kier molecular flexibility index (Phi) is 7.85. The first-order chi connectivity index (χ1) is 26.7. The standard InChI is InChI=1S/C52H35NO/c1-2-11-42-33-43(24-21-36(42)9-1)39-27-31-47(32-28-39)53(48-15-7-14-44(34-48)52-35-45-12-4-6-18-51(45)54-52)46-29-25-38(26-30-46)37-19-22-41(23-20-37)50-17-8-13-40-10-3-5-16-49(40)50/h1-35H. The van der Waals surface area contributed by atoms with Gasteiger partial charge in [-0.1, -0.05) is 158 Å². The molecule has 54 heavy (non-hydrogen) atoms. The molecule has 0 N–H and O–H groups in total. The number of rotatable bonds is 7. The van der Waals surface area contributed by atoms with E-state index < -0.39 is 0 Å². The van der Waals surface area contributed by atoms with Gasteiger partial charge in [0.2, 0.25) is 0 Å². The highest BCUT2D eigenvalue weighted by Gasteiger charge is 2.16. The van der Waals surface area contributed by atoms with E-state index in [1.165, 1.54) is 54.9 Å². The van der Waals surface area contributed by atoms with Crippen molar-refractivity contribution in [2.45, 2.75) is 0 Å². The highest BCUT2D eigenvalue weighted by atomic mass is 16.3. The molecular formula is C52H35NO. The summed E-state index contributed by atoms with van der Waals surface area (Å²) >= 11 is 0. The predicted molar refractivity (Wildman–Crippen MR) is 228 cm³/mol. The first kappa shape index (κ1) is 31.6. The van der Waals surface area contributed by atoms with Gasteiger partial charge in [0.1, 0.15) is 11.3 Å². The van der Waals surface area contributed by atoms with Gasteiger partial charge in [0, 0.05) is 28.0 Å². The van der Waals surface area contributed by atoms with Crippen LogP contribution in [0.2, 0.25) is 0 Å². The van der Waals surface area contributed by atoms with Gasteiger partial charge in [-0.3, -0.25) is 0 Å². The number of para-hydroxylation sites is 1. The van der Waals surface area contributed by atoms with Crippen LogP contribution in [0, 0.1) is 0 Å². The first-order valence-corrected chi connectivity index (χ1v) is 18.4. The van der Waals surface area contributed by atoms with Crippen LogP contribution < -0.4 is 4.90 Å². The average Bonchev–Trinajstić information content (AvgIpc) is 3.69. The van der Waals surface area contributed by atoms with Crippen LogP contribution in [-0.2, 0) is 0 Å². The lowest BCUT2D eigenvalue weighted by atomic mass is 9.96. The van der Waals surface area contributed by atoms with Gasteiger partial charge in [-0.05, 0) is 110 Å². The quantitative estimate of drug-likeness (QED) is 0.166. The van der Waals surface area contributed by atoms with Gasteiger partial charge in [0.25, 0.3) is 0 Å². The van der Waals surface area contributed by atoms with Gasteiger partial charge in [0.15, 0.2) is 0 Å². The molecule has 0 saturated carbocycles. The molecule has 254 valence electrons. The van der Waals surface area contributed by atoms with Gasteiger partial charge in [-0.15, -0.1) is 0 Å². The van der Waals surface area contributed by atoms with E-state index in [0.717, 1.165) is 39.4 Å². The molecule has 0 bridgehead atoms. The second-order valence-electron chi connectivity index (χ2n) is 13.8. The zero-order valence-electron chi connectivity index (χ0n) is 29.6. The minimum Gasteiger partial charge on any atom is -0.456 e. The summed E-state index contributed by atoms with van der Waals surface area (Å²) in [5, 5.41) is 6.11. The first-order valence-electron chi connectivity index (χ1n) is 18.4. The van der Waals surface area contributed by atoms with Crippen molar-refractivity contribution in [1.82, 2.24) is 0 Å².